The van der Waals surface area contributed by atoms with E-state index in [1.807, 2.05) is 12.1 Å². The number of benzene rings is 6. The van der Waals surface area contributed by atoms with Crippen LogP contribution in [0.25, 0.3) is 0 Å². The monoisotopic (exact) mass is 932 g/mol. The third-order valence-corrected chi connectivity index (χ3v) is 10.4. The second kappa shape index (κ2) is 21.6. The van der Waals surface area contributed by atoms with Gasteiger partial charge < -0.3 is 62.3 Å². The molecule has 68 heavy (non-hydrogen) atoms. The van der Waals surface area contributed by atoms with Crippen LogP contribution >= 0.6 is 0 Å². The summed E-state index contributed by atoms with van der Waals surface area (Å²) in [7, 11) is 12.8. The van der Waals surface area contributed by atoms with Crippen LogP contribution in [0.15, 0.2) is 91.0 Å². The average molecular weight is 933 g/mol. The molecule has 0 radical (unpaired) electrons. The van der Waals surface area contributed by atoms with E-state index in [2.05, 4.69) is 0 Å². The first-order valence-electron chi connectivity index (χ1n) is 20.5. The number of rotatable bonds is 22. The third kappa shape index (κ3) is 10.7. The maximum atomic E-state index is 13.7. The van der Waals surface area contributed by atoms with Crippen LogP contribution in [0.2, 0.25) is 0 Å². The standard InChI is InChI=1S/C51H48O17/c1-58-39-14-28(15-40(59-2)49(39)64-7)11-10-27-12-35(67-37-18-29(16-33(52)24-37)45(54)47(56)31-20-41(60-3)50(65-8)42(21-31)61-4)26-36(13-27)68-38-19-30(17-34(53)25-38)46(55)48(57)32-22-43(62-5)51(66-9)44(23-32)63-6/h12-26,52-53H,10-11H2,1-9H3. The number of phenols is 2. The van der Waals surface area contributed by atoms with Crippen molar-refractivity contribution < 1.29 is 81.5 Å². The lowest BCUT2D eigenvalue weighted by Gasteiger charge is -2.16. The number of hydrogen-bond acceptors (Lipinski definition) is 17. The van der Waals surface area contributed by atoms with Crippen molar-refractivity contribution in [1.29, 1.82) is 0 Å². The van der Waals surface area contributed by atoms with Gasteiger partial charge >= 0.3 is 0 Å². The molecule has 17 nitrogen and oxygen atoms in total. The molecule has 17 heteroatoms. The van der Waals surface area contributed by atoms with Crippen molar-refractivity contribution in [1.82, 2.24) is 0 Å². The molecule has 0 aliphatic heterocycles. The van der Waals surface area contributed by atoms with E-state index >= 15 is 0 Å². The molecule has 0 spiro atoms. The van der Waals surface area contributed by atoms with Crippen molar-refractivity contribution in [2.45, 2.75) is 12.8 Å². The number of aromatic hydroxyl groups is 2. The van der Waals surface area contributed by atoms with E-state index in [0.29, 0.717) is 35.7 Å². The van der Waals surface area contributed by atoms with E-state index < -0.39 is 23.1 Å². The predicted octanol–water partition coefficient (Wildman–Crippen LogP) is 8.68. The van der Waals surface area contributed by atoms with Crippen LogP contribution in [-0.2, 0) is 12.8 Å². The number of aryl methyl sites for hydroxylation is 2. The van der Waals surface area contributed by atoms with Crippen molar-refractivity contribution in [3.8, 4) is 86.2 Å². The van der Waals surface area contributed by atoms with Crippen LogP contribution in [0.1, 0.15) is 52.6 Å². The number of ketones is 4. The van der Waals surface area contributed by atoms with Crippen LogP contribution in [-0.4, -0.2) is 97.3 Å². The smallest absolute Gasteiger partial charge is 0.233 e. The molecule has 6 rings (SSSR count). The molecule has 0 saturated carbocycles. The Hall–Kier alpha value is -8.60. The Labute approximate surface area is 391 Å². The molecule has 6 aromatic rings. The number of Topliss-reactive ketones (excluding diaryl/α,β-unsaturated/α-hetero) is 4. The third-order valence-electron chi connectivity index (χ3n) is 10.4. The summed E-state index contributed by atoms with van der Waals surface area (Å²) >= 11 is 0. The molecule has 0 aliphatic carbocycles. The summed E-state index contributed by atoms with van der Waals surface area (Å²) in [6, 6.07) is 21.2. The van der Waals surface area contributed by atoms with E-state index in [1.54, 1.807) is 12.1 Å². The summed E-state index contributed by atoms with van der Waals surface area (Å²) in [6.07, 6.45) is 0.827. The molecule has 0 aliphatic rings. The van der Waals surface area contributed by atoms with Gasteiger partial charge in [0.2, 0.25) is 40.4 Å². The number of hydrogen-bond donors (Lipinski definition) is 2. The number of carbonyl (C=O) groups excluding carboxylic acids is 4. The van der Waals surface area contributed by atoms with E-state index in [-0.39, 0.29) is 91.2 Å². The van der Waals surface area contributed by atoms with Gasteiger partial charge in [0.15, 0.2) is 34.5 Å². The van der Waals surface area contributed by atoms with Crippen LogP contribution in [0.4, 0.5) is 0 Å². The van der Waals surface area contributed by atoms with Crippen LogP contribution in [0.3, 0.4) is 0 Å². The van der Waals surface area contributed by atoms with Crippen LogP contribution in [0.5, 0.6) is 86.2 Å². The highest BCUT2D eigenvalue weighted by atomic mass is 16.5. The lowest BCUT2D eigenvalue weighted by molar-refractivity contribution is 0.0816. The molecule has 2 N–H and O–H groups in total. The molecule has 354 valence electrons. The lowest BCUT2D eigenvalue weighted by atomic mass is 10.00. The first-order chi connectivity index (χ1) is 32.7. The Balaban J connectivity index is 1.35. The minimum Gasteiger partial charge on any atom is -0.508 e. The molecule has 0 unspecified atom stereocenters. The fourth-order valence-corrected chi connectivity index (χ4v) is 7.23. The summed E-state index contributed by atoms with van der Waals surface area (Å²) in [5, 5.41) is 21.6. The molecular formula is C51H48O17. The summed E-state index contributed by atoms with van der Waals surface area (Å²) in [6.45, 7) is 0. The van der Waals surface area contributed by atoms with Gasteiger partial charge in [0, 0.05) is 40.5 Å². The van der Waals surface area contributed by atoms with Gasteiger partial charge in [-0.05, 0) is 96.8 Å². The topological polar surface area (TPSA) is 210 Å². The SMILES string of the molecule is COc1cc(CCc2cc(Oc3cc(O)cc(C(=O)C(=O)c4cc(OC)c(OC)c(OC)c4)c3)cc(Oc3cc(O)cc(C(=O)C(=O)c4cc(OC)c(OC)c(OC)c4)c3)c2)cc(OC)c1OC. The van der Waals surface area contributed by atoms with Crippen molar-refractivity contribution in [3.05, 3.63) is 124 Å². The lowest BCUT2D eigenvalue weighted by Crippen LogP contribution is -2.15. The zero-order chi connectivity index (χ0) is 49.2. The van der Waals surface area contributed by atoms with E-state index in [0.717, 1.165) is 17.7 Å². The van der Waals surface area contributed by atoms with Gasteiger partial charge in [0.05, 0.1) is 64.0 Å². The highest BCUT2D eigenvalue weighted by Crippen LogP contribution is 2.42. The van der Waals surface area contributed by atoms with Gasteiger partial charge in [-0.25, -0.2) is 0 Å². The van der Waals surface area contributed by atoms with Gasteiger partial charge in [-0.2, -0.15) is 0 Å². The Kier molecular flexibility index (Phi) is 15.5. The average Bonchev–Trinajstić information content (AvgIpc) is 3.35. The minimum atomic E-state index is -0.971. The minimum absolute atomic E-state index is 0.0192. The number of ether oxygens (including phenoxy) is 11. The first kappa shape index (κ1) is 48.8. The molecule has 0 aromatic heterocycles. The van der Waals surface area contributed by atoms with Crippen molar-refractivity contribution in [2.75, 3.05) is 64.0 Å². The maximum Gasteiger partial charge on any atom is 0.233 e. The quantitative estimate of drug-likeness (QED) is 0.0482. The van der Waals surface area contributed by atoms with Gasteiger partial charge in [0.1, 0.15) is 34.5 Å². The van der Waals surface area contributed by atoms with Crippen molar-refractivity contribution in [3.63, 3.8) is 0 Å². The molecule has 0 fully saturated rings. The molecular weight excluding hydrogens is 885 g/mol. The van der Waals surface area contributed by atoms with Crippen LogP contribution < -0.4 is 52.1 Å². The fourth-order valence-electron chi connectivity index (χ4n) is 7.23. The molecule has 6 aromatic carbocycles. The Morgan fingerprint density at radius 1 is 0.324 bits per heavy atom. The normalized spacial score (nSPS) is 10.6. The predicted molar refractivity (Wildman–Crippen MR) is 246 cm³/mol. The fraction of sp³-hybridized carbons (Fsp3) is 0.216. The van der Waals surface area contributed by atoms with Gasteiger partial charge in [-0.1, -0.05) is 0 Å². The number of carbonyl (C=O) groups is 4. The maximum absolute atomic E-state index is 13.7. The molecule has 0 bridgehead atoms. The molecule has 0 amide bonds. The van der Waals surface area contributed by atoms with Crippen LogP contribution in [0, 0.1) is 0 Å². The summed E-state index contributed by atoms with van der Waals surface area (Å²) in [5.41, 5.74) is 1.00. The molecule has 0 atom stereocenters. The first-order valence-corrected chi connectivity index (χ1v) is 20.5. The zero-order valence-electron chi connectivity index (χ0n) is 38.6. The van der Waals surface area contributed by atoms with E-state index in [4.69, 9.17) is 52.1 Å². The summed E-state index contributed by atoms with van der Waals surface area (Å²) in [5.74, 6) is -1.86. The van der Waals surface area contributed by atoms with E-state index in [9.17, 15) is 29.4 Å². The molecule has 0 saturated heterocycles. The van der Waals surface area contributed by atoms with Crippen molar-refractivity contribution in [2.24, 2.45) is 0 Å². The summed E-state index contributed by atoms with van der Waals surface area (Å²) in [4.78, 5) is 54.5. The number of phenolic OH excluding ortho intramolecular Hbond substituents is 2. The zero-order valence-corrected chi connectivity index (χ0v) is 38.6. The Morgan fingerprint density at radius 2 is 0.588 bits per heavy atom. The highest BCUT2D eigenvalue weighted by Gasteiger charge is 2.26. The Bertz CT molecular complexity index is 2650. The van der Waals surface area contributed by atoms with Gasteiger partial charge in [-0.15, -0.1) is 0 Å². The second-order valence-electron chi connectivity index (χ2n) is 14.6. The van der Waals surface area contributed by atoms with E-state index in [1.165, 1.54) is 119 Å². The number of methoxy groups -OCH3 is 9. The van der Waals surface area contributed by atoms with Crippen molar-refractivity contribution >= 4 is 23.1 Å². The largest absolute Gasteiger partial charge is 0.508 e. The van der Waals surface area contributed by atoms with Gasteiger partial charge in [0.25, 0.3) is 0 Å². The van der Waals surface area contributed by atoms with Gasteiger partial charge in [-0.3, -0.25) is 19.2 Å². The summed E-state index contributed by atoms with van der Waals surface area (Å²) < 4.78 is 61.1. The molecule has 0 heterocycles. The highest BCUT2D eigenvalue weighted by molar-refractivity contribution is 6.50. The Morgan fingerprint density at radius 3 is 0.882 bits per heavy atom. The second-order valence-corrected chi connectivity index (χ2v) is 14.6.